The Balaban J connectivity index is 1.75. The molecule has 1 aliphatic heterocycles. The van der Waals surface area contributed by atoms with E-state index in [0.29, 0.717) is 13.0 Å². The third kappa shape index (κ3) is 6.02. The summed E-state index contributed by atoms with van der Waals surface area (Å²) in [6.07, 6.45) is 6.02. The van der Waals surface area contributed by atoms with Crippen LogP contribution in [-0.4, -0.2) is 54.7 Å². The predicted octanol–water partition coefficient (Wildman–Crippen LogP) is 3.89. The van der Waals surface area contributed by atoms with Crippen LogP contribution in [0.25, 0.3) is 15.9 Å². The van der Waals surface area contributed by atoms with Crippen molar-refractivity contribution in [3.63, 3.8) is 0 Å². The number of allylic oxidation sites excluding steroid dienone is 2. The Kier molecular flexibility index (Phi) is 8.11. The Morgan fingerprint density at radius 2 is 1.86 bits per heavy atom. The van der Waals surface area contributed by atoms with Gasteiger partial charge in [-0.3, -0.25) is 0 Å². The van der Waals surface area contributed by atoms with Crippen LogP contribution < -0.4 is 13.9 Å². The van der Waals surface area contributed by atoms with Gasteiger partial charge in [0.25, 0.3) is 0 Å². The zero-order valence-corrected chi connectivity index (χ0v) is 25.2. The van der Waals surface area contributed by atoms with Crippen molar-refractivity contribution in [1.29, 1.82) is 0 Å². The first-order valence-electron chi connectivity index (χ1n) is 12.0. The Morgan fingerprint density at radius 3 is 2.54 bits per heavy atom. The molecular formula is C27H33N2O3SSe2+. The molecule has 35 heavy (non-hydrogen) atoms. The summed E-state index contributed by atoms with van der Waals surface area (Å²) in [5, 5.41) is 0. The van der Waals surface area contributed by atoms with Crippen LogP contribution in [0.3, 0.4) is 0 Å². The molecule has 2 heterocycles. The number of aromatic nitrogens is 1. The molecular weight excluding hydrogens is 590 g/mol. The molecule has 0 saturated heterocycles. The molecule has 0 aliphatic carbocycles. The molecule has 4 rings (SSSR count). The van der Waals surface area contributed by atoms with Crippen molar-refractivity contribution in [2.75, 3.05) is 17.2 Å². The van der Waals surface area contributed by atoms with E-state index in [-0.39, 0.29) is 35.2 Å². The van der Waals surface area contributed by atoms with E-state index < -0.39 is 10.1 Å². The molecule has 8 heteroatoms. The first-order chi connectivity index (χ1) is 16.6. The average molecular weight is 624 g/mol. The summed E-state index contributed by atoms with van der Waals surface area (Å²) in [6.45, 7) is 12.4. The van der Waals surface area contributed by atoms with Crippen LogP contribution in [0, 0.1) is 20.8 Å². The quantitative estimate of drug-likeness (QED) is 0.235. The molecule has 0 atom stereocenters. The van der Waals surface area contributed by atoms with Crippen molar-refractivity contribution in [1.82, 2.24) is 0 Å². The normalized spacial score (nSPS) is 15.4. The predicted molar refractivity (Wildman–Crippen MR) is 148 cm³/mol. The SMILES string of the molecule is CCC(=Cc1[se]c2cc(C)c(C)cc2[n+]1CCCS(=O)(=O)O)C=C1[Se]c2ccc(C)cc2N1CC. The van der Waals surface area contributed by atoms with Crippen molar-refractivity contribution in [3.8, 4) is 0 Å². The van der Waals surface area contributed by atoms with E-state index >= 15 is 0 Å². The molecule has 2 aromatic carbocycles. The van der Waals surface area contributed by atoms with Gasteiger partial charge in [0.15, 0.2) is 0 Å². The first-order valence-corrected chi connectivity index (χ1v) is 17.0. The number of hydrogen-bond donors (Lipinski definition) is 1. The van der Waals surface area contributed by atoms with E-state index in [0.717, 1.165) is 13.0 Å². The second-order valence-electron chi connectivity index (χ2n) is 9.01. The molecule has 1 aliphatic rings. The number of benzene rings is 2. The van der Waals surface area contributed by atoms with E-state index in [4.69, 9.17) is 0 Å². The van der Waals surface area contributed by atoms with Gasteiger partial charge in [0, 0.05) is 0 Å². The van der Waals surface area contributed by atoms with Gasteiger partial charge in [-0.15, -0.1) is 0 Å². The molecule has 1 aromatic heterocycles. The second-order valence-corrected chi connectivity index (χ2v) is 15.0. The zero-order chi connectivity index (χ0) is 25.3. The molecule has 0 saturated carbocycles. The molecule has 0 bridgehead atoms. The average Bonchev–Trinajstić information content (AvgIpc) is 3.29. The molecule has 0 amide bonds. The van der Waals surface area contributed by atoms with Gasteiger partial charge in [-0.1, -0.05) is 0 Å². The summed E-state index contributed by atoms with van der Waals surface area (Å²) in [5.74, 6) is -0.218. The van der Waals surface area contributed by atoms with Crippen molar-refractivity contribution in [2.24, 2.45) is 0 Å². The third-order valence-corrected chi connectivity index (χ3v) is 11.8. The van der Waals surface area contributed by atoms with Crippen LogP contribution in [0.2, 0.25) is 0 Å². The van der Waals surface area contributed by atoms with Crippen LogP contribution in [0.4, 0.5) is 5.69 Å². The summed E-state index contributed by atoms with van der Waals surface area (Å²) < 4.78 is 39.6. The maximum atomic E-state index is 11.3. The molecule has 0 radical (unpaired) electrons. The Morgan fingerprint density at radius 1 is 1.11 bits per heavy atom. The van der Waals surface area contributed by atoms with Crippen LogP contribution >= 0.6 is 0 Å². The standard InChI is InChI=1S/C27H32N2O3SSe2/c1-6-21(16-26-28(7-2)22-13-18(3)9-10-24(22)34-26)17-27-29(11-8-12-33(30,31)32)23-14-19(4)20(5)15-25(23)35-27/h9-10,13-17H,6-8,11-12H2,1-5H3/p+1. The van der Waals surface area contributed by atoms with Crippen molar-refractivity contribution >= 4 is 65.6 Å². The van der Waals surface area contributed by atoms with Gasteiger partial charge in [0.2, 0.25) is 0 Å². The molecule has 3 aromatic rings. The molecule has 0 fully saturated rings. The van der Waals surface area contributed by atoms with E-state index in [1.165, 1.54) is 51.4 Å². The molecule has 0 spiro atoms. The number of hydrogen-bond acceptors (Lipinski definition) is 3. The number of anilines is 1. The third-order valence-electron chi connectivity index (χ3n) is 6.36. The van der Waals surface area contributed by atoms with Crippen molar-refractivity contribution in [3.05, 3.63) is 67.8 Å². The summed E-state index contributed by atoms with van der Waals surface area (Å²) in [7, 11) is -3.97. The van der Waals surface area contributed by atoms with Gasteiger partial charge in [-0.05, 0) is 0 Å². The van der Waals surface area contributed by atoms with Gasteiger partial charge >= 0.3 is 222 Å². The van der Waals surface area contributed by atoms with Crippen LogP contribution in [-0.2, 0) is 16.7 Å². The van der Waals surface area contributed by atoms with E-state index in [2.05, 4.69) is 86.6 Å². The molecule has 186 valence electrons. The van der Waals surface area contributed by atoms with Gasteiger partial charge in [-0.2, -0.15) is 0 Å². The van der Waals surface area contributed by atoms with E-state index in [1.54, 1.807) is 0 Å². The fraction of sp³-hybridized carbons (Fsp3) is 0.370. The minimum atomic E-state index is -3.97. The van der Waals surface area contributed by atoms with Crippen LogP contribution in [0.1, 0.15) is 47.9 Å². The topological polar surface area (TPSA) is 61.5 Å². The van der Waals surface area contributed by atoms with Gasteiger partial charge in [-0.25, -0.2) is 0 Å². The summed E-state index contributed by atoms with van der Waals surface area (Å²) in [6, 6.07) is 11.3. The zero-order valence-electron chi connectivity index (χ0n) is 21.0. The maximum absolute atomic E-state index is 11.3. The number of aryl methyl sites for hydroxylation is 4. The monoisotopic (exact) mass is 625 g/mol. The van der Waals surface area contributed by atoms with E-state index in [1.807, 2.05) is 0 Å². The van der Waals surface area contributed by atoms with Crippen molar-refractivity contribution in [2.45, 2.75) is 54.0 Å². The minimum absolute atomic E-state index is 0.149. The fourth-order valence-electron chi connectivity index (χ4n) is 4.30. The summed E-state index contributed by atoms with van der Waals surface area (Å²) in [4.78, 5) is 2.45. The number of rotatable bonds is 8. The van der Waals surface area contributed by atoms with Gasteiger partial charge in [0.05, 0.1) is 0 Å². The Bertz CT molecular complexity index is 1440. The summed E-state index contributed by atoms with van der Waals surface area (Å²) >= 11 is 0.432. The van der Waals surface area contributed by atoms with E-state index in [9.17, 15) is 13.0 Å². The number of fused-ring (bicyclic) bond motifs is 2. The van der Waals surface area contributed by atoms with Crippen LogP contribution in [0.15, 0.2) is 46.6 Å². The fourth-order valence-corrected chi connectivity index (χ4v) is 9.89. The Labute approximate surface area is 221 Å². The summed E-state index contributed by atoms with van der Waals surface area (Å²) in [5.41, 5.74) is 7.63. The Hall–Kier alpha value is -1.66. The number of nitrogens with zero attached hydrogens (tertiary/aromatic N) is 2. The van der Waals surface area contributed by atoms with Gasteiger partial charge < -0.3 is 0 Å². The molecule has 0 unspecified atom stereocenters. The molecule has 5 nitrogen and oxygen atoms in total. The van der Waals surface area contributed by atoms with Crippen molar-refractivity contribution < 1.29 is 17.5 Å². The second kappa shape index (κ2) is 10.8. The van der Waals surface area contributed by atoms with Crippen LogP contribution in [0.5, 0.6) is 0 Å². The molecule has 1 N–H and O–H groups in total. The first kappa shape index (κ1) is 26.4. The van der Waals surface area contributed by atoms with Gasteiger partial charge in [0.1, 0.15) is 0 Å².